The van der Waals surface area contributed by atoms with E-state index in [1.54, 1.807) is 36.3 Å². The number of nitrogens with zero attached hydrogens (tertiary/aromatic N) is 3. The third kappa shape index (κ3) is 3.98. The van der Waals surface area contributed by atoms with Crippen molar-refractivity contribution in [1.29, 1.82) is 0 Å². The molecule has 1 aromatic heterocycles. The number of fused-ring (bicyclic) bond motifs is 2. The molecule has 0 aliphatic carbocycles. The molecular weight excluding hydrogens is 462 g/mol. The van der Waals surface area contributed by atoms with E-state index in [4.69, 9.17) is 9.72 Å². The average Bonchev–Trinajstić information content (AvgIpc) is 3.20. The molecule has 1 aliphatic rings. The number of carbonyl (C=O) groups excluding carboxylic acids is 1. The first-order valence-electron chi connectivity index (χ1n) is 12.0. The minimum Gasteiger partial charge on any atom is -0.497 e. The highest BCUT2D eigenvalue weighted by Gasteiger charge is 2.32. The molecule has 37 heavy (non-hydrogen) atoms. The van der Waals surface area contributed by atoms with Gasteiger partial charge in [-0.3, -0.25) is 14.2 Å². The molecule has 0 radical (unpaired) electrons. The van der Waals surface area contributed by atoms with Gasteiger partial charge in [0.25, 0.3) is 11.5 Å². The summed E-state index contributed by atoms with van der Waals surface area (Å²) in [5.74, 6) is 0.855. The Morgan fingerprint density at radius 1 is 0.838 bits per heavy atom. The van der Waals surface area contributed by atoms with Gasteiger partial charge >= 0.3 is 0 Å². The van der Waals surface area contributed by atoms with Crippen LogP contribution in [-0.4, -0.2) is 22.6 Å². The zero-order valence-corrected chi connectivity index (χ0v) is 20.2. The maximum absolute atomic E-state index is 13.8. The maximum Gasteiger partial charge on any atom is 0.266 e. The van der Waals surface area contributed by atoms with Gasteiger partial charge in [-0.25, -0.2) is 4.98 Å². The summed E-state index contributed by atoms with van der Waals surface area (Å²) in [6.45, 7) is 0.446. The van der Waals surface area contributed by atoms with Crippen molar-refractivity contribution < 1.29 is 9.53 Å². The number of anilines is 1. The first-order valence-corrected chi connectivity index (χ1v) is 12.0. The number of para-hydroxylation sites is 2. The van der Waals surface area contributed by atoms with Gasteiger partial charge in [0.05, 0.1) is 41.5 Å². The first kappa shape index (κ1) is 22.5. The molecule has 4 aromatic carbocycles. The van der Waals surface area contributed by atoms with Crippen LogP contribution in [0.4, 0.5) is 5.69 Å². The standard InChI is InChI=1S/C31H23N3O3/c1-37-23-13-9-12-22(18-23)34-29(32-27-16-7-5-15-25(27)31(34)36)19-26-24-14-6-8-17-28(24)33(30(26)35)20-21-10-3-2-4-11-21/h2-19H,20H2,1H3. The van der Waals surface area contributed by atoms with E-state index >= 15 is 0 Å². The van der Waals surface area contributed by atoms with Crippen LogP contribution in [0.25, 0.3) is 28.2 Å². The third-order valence-electron chi connectivity index (χ3n) is 6.53. The van der Waals surface area contributed by atoms with Gasteiger partial charge in [0.15, 0.2) is 0 Å². The van der Waals surface area contributed by atoms with Crippen LogP contribution >= 0.6 is 0 Å². The number of methoxy groups -OCH3 is 1. The zero-order chi connectivity index (χ0) is 25.4. The molecule has 1 amide bonds. The highest BCUT2D eigenvalue weighted by molar-refractivity contribution is 6.35. The van der Waals surface area contributed by atoms with Crippen molar-refractivity contribution in [2.24, 2.45) is 0 Å². The second kappa shape index (κ2) is 9.24. The number of benzene rings is 4. The van der Waals surface area contributed by atoms with E-state index in [0.29, 0.717) is 40.3 Å². The Morgan fingerprint density at radius 2 is 1.59 bits per heavy atom. The number of aromatic nitrogens is 2. The lowest BCUT2D eigenvalue weighted by Crippen LogP contribution is -2.26. The molecule has 0 bridgehead atoms. The molecule has 180 valence electrons. The minimum atomic E-state index is -0.217. The molecule has 1 aliphatic heterocycles. The highest BCUT2D eigenvalue weighted by atomic mass is 16.5. The van der Waals surface area contributed by atoms with Crippen molar-refractivity contribution in [2.45, 2.75) is 6.54 Å². The Hall–Kier alpha value is -4.97. The van der Waals surface area contributed by atoms with Crippen LogP contribution in [0, 0.1) is 0 Å². The molecule has 2 heterocycles. The first-order chi connectivity index (χ1) is 18.1. The summed E-state index contributed by atoms with van der Waals surface area (Å²) >= 11 is 0. The molecule has 0 N–H and O–H groups in total. The van der Waals surface area contributed by atoms with Crippen molar-refractivity contribution >= 4 is 34.1 Å². The minimum absolute atomic E-state index is 0.135. The van der Waals surface area contributed by atoms with Crippen molar-refractivity contribution in [3.05, 3.63) is 130 Å². The third-order valence-corrected chi connectivity index (χ3v) is 6.53. The Kier molecular flexibility index (Phi) is 5.62. The Balaban J connectivity index is 1.56. The van der Waals surface area contributed by atoms with Gasteiger partial charge in [0, 0.05) is 11.6 Å². The van der Waals surface area contributed by atoms with E-state index in [9.17, 15) is 9.59 Å². The number of amides is 1. The van der Waals surface area contributed by atoms with E-state index in [2.05, 4.69) is 0 Å². The van der Waals surface area contributed by atoms with E-state index < -0.39 is 0 Å². The normalized spacial score (nSPS) is 13.8. The topological polar surface area (TPSA) is 64.4 Å². The van der Waals surface area contributed by atoms with E-state index in [-0.39, 0.29) is 11.5 Å². The molecular formula is C31H23N3O3. The summed E-state index contributed by atoms with van der Waals surface area (Å²) in [4.78, 5) is 34.1. The summed E-state index contributed by atoms with van der Waals surface area (Å²) in [5, 5.41) is 0.497. The van der Waals surface area contributed by atoms with Gasteiger partial charge in [-0.15, -0.1) is 0 Å². The van der Waals surface area contributed by atoms with Crippen molar-refractivity contribution in [2.75, 3.05) is 12.0 Å². The summed E-state index contributed by atoms with van der Waals surface area (Å²) in [6, 6.07) is 32.1. The van der Waals surface area contributed by atoms with Crippen LogP contribution in [0.5, 0.6) is 5.75 Å². The van der Waals surface area contributed by atoms with Gasteiger partial charge in [0.2, 0.25) is 0 Å². The van der Waals surface area contributed by atoms with Crippen LogP contribution in [0.3, 0.4) is 0 Å². The SMILES string of the molecule is COc1cccc(-n2c(C=C3C(=O)N(Cc4ccccc4)c4ccccc43)nc3ccccc3c2=O)c1. The summed E-state index contributed by atoms with van der Waals surface area (Å²) < 4.78 is 6.93. The van der Waals surface area contributed by atoms with Crippen LogP contribution in [0.1, 0.15) is 17.0 Å². The number of rotatable bonds is 5. The van der Waals surface area contributed by atoms with Gasteiger partial charge in [-0.1, -0.05) is 66.7 Å². The second-order valence-corrected chi connectivity index (χ2v) is 8.78. The highest BCUT2D eigenvalue weighted by Crippen LogP contribution is 2.38. The predicted octanol–water partition coefficient (Wildman–Crippen LogP) is 5.48. The van der Waals surface area contributed by atoms with Crippen LogP contribution < -0.4 is 15.2 Å². The smallest absolute Gasteiger partial charge is 0.266 e. The number of hydrogen-bond acceptors (Lipinski definition) is 4. The zero-order valence-electron chi connectivity index (χ0n) is 20.2. The lowest BCUT2D eigenvalue weighted by atomic mass is 10.1. The average molecular weight is 486 g/mol. The largest absolute Gasteiger partial charge is 0.497 e. The summed E-state index contributed by atoms with van der Waals surface area (Å²) in [5.41, 5.74) is 4.12. The van der Waals surface area contributed by atoms with Crippen molar-refractivity contribution in [3.63, 3.8) is 0 Å². The lowest BCUT2D eigenvalue weighted by Gasteiger charge is -2.17. The maximum atomic E-state index is 13.8. The fourth-order valence-electron chi connectivity index (χ4n) is 4.74. The van der Waals surface area contributed by atoms with Gasteiger partial charge < -0.3 is 9.64 Å². The van der Waals surface area contributed by atoms with E-state index in [1.807, 2.05) is 84.9 Å². The van der Waals surface area contributed by atoms with E-state index in [0.717, 1.165) is 16.8 Å². The molecule has 0 unspecified atom stereocenters. The molecule has 6 nitrogen and oxygen atoms in total. The predicted molar refractivity (Wildman–Crippen MR) is 146 cm³/mol. The lowest BCUT2D eigenvalue weighted by molar-refractivity contribution is -0.113. The molecule has 0 fully saturated rings. The second-order valence-electron chi connectivity index (χ2n) is 8.78. The van der Waals surface area contributed by atoms with Gasteiger partial charge in [-0.05, 0) is 42.0 Å². The molecule has 0 atom stereocenters. The molecule has 5 aromatic rings. The molecule has 6 heteroatoms. The van der Waals surface area contributed by atoms with Crippen LogP contribution in [0.2, 0.25) is 0 Å². The quantitative estimate of drug-likeness (QED) is 0.309. The number of ether oxygens (including phenoxy) is 1. The number of hydrogen-bond donors (Lipinski definition) is 0. The van der Waals surface area contributed by atoms with Crippen LogP contribution in [-0.2, 0) is 11.3 Å². The summed E-state index contributed by atoms with van der Waals surface area (Å²) in [7, 11) is 1.58. The van der Waals surface area contributed by atoms with Gasteiger partial charge in [0.1, 0.15) is 11.6 Å². The van der Waals surface area contributed by atoms with Gasteiger partial charge in [-0.2, -0.15) is 0 Å². The Bertz CT molecular complexity index is 1740. The molecule has 6 rings (SSSR count). The molecule has 0 saturated carbocycles. The fraction of sp³-hybridized carbons (Fsp3) is 0.0645. The van der Waals surface area contributed by atoms with E-state index in [1.165, 1.54) is 4.57 Å². The summed E-state index contributed by atoms with van der Waals surface area (Å²) in [6.07, 6.45) is 1.72. The van der Waals surface area contributed by atoms with Crippen LogP contribution in [0.15, 0.2) is 108 Å². The number of carbonyl (C=O) groups is 1. The molecule has 0 saturated heterocycles. The van der Waals surface area contributed by atoms with Crippen molar-refractivity contribution in [3.8, 4) is 11.4 Å². The fourth-order valence-corrected chi connectivity index (χ4v) is 4.74. The molecule has 0 spiro atoms. The Labute approximate surface area is 213 Å². The monoisotopic (exact) mass is 485 g/mol. The Morgan fingerprint density at radius 3 is 2.43 bits per heavy atom. The van der Waals surface area contributed by atoms with Crippen molar-refractivity contribution in [1.82, 2.24) is 9.55 Å².